The highest BCUT2D eigenvalue weighted by molar-refractivity contribution is 6.30. The predicted molar refractivity (Wildman–Crippen MR) is 99.1 cm³/mol. The van der Waals surface area contributed by atoms with Crippen LogP contribution < -0.4 is 15.4 Å². The fourth-order valence-electron chi connectivity index (χ4n) is 2.67. The van der Waals surface area contributed by atoms with E-state index in [1.165, 1.54) is 0 Å². The minimum Gasteiger partial charge on any atom is -0.489 e. The van der Waals surface area contributed by atoms with Gasteiger partial charge in [0, 0.05) is 12.6 Å². The SMILES string of the molecule is CC(C)C[C@H]1CNC(=O)c2ccccc2OC/C=C\CC(Cl)C(=O)N1. The van der Waals surface area contributed by atoms with Gasteiger partial charge < -0.3 is 15.4 Å². The fourth-order valence-corrected chi connectivity index (χ4v) is 2.84. The van der Waals surface area contributed by atoms with E-state index in [1.807, 2.05) is 12.1 Å². The third-order valence-corrected chi connectivity index (χ3v) is 4.25. The van der Waals surface area contributed by atoms with E-state index in [0.29, 0.717) is 36.8 Å². The predicted octanol–water partition coefficient (Wildman–Crippen LogP) is 2.89. The Morgan fingerprint density at radius 3 is 2.76 bits per heavy atom. The van der Waals surface area contributed by atoms with Crippen molar-refractivity contribution >= 4 is 23.4 Å². The standard InChI is InChI=1S/C19H25ClN2O3/c1-13(2)11-14-12-21-18(23)15-7-3-4-9-17(15)25-10-6-5-8-16(20)19(24)22-14/h3-7,9,13-14,16H,8,10-12H2,1-2H3,(H,21,23)(H,22,24)/b6-5-/t14-,16?/m0/s1. The summed E-state index contributed by atoms with van der Waals surface area (Å²) in [5, 5.41) is 5.19. The molecule has 0 aliphatic carbocycles. The lowest BCUT2D eigenvalue weighted by molar-refractivity contribution is -0.121. The molecule has 1 aromatic carbocycles. The Bertz CT molecular complexity index is 631. The van der Waals surface area contributed by atoms with Gasteiger partial charge in [-0.2, -0.15) is 0 Å². The summed E-state index contributed by atoms with van der Waals surface area (Å²) in [6.45, 7) is 4.80. The molecule has 1 aromatic rings. The van der Waals surface area contributed by atoms with Crippen LogP contribution in [0.2, 0.25) is 0 Å². The van der Waals surface area contributed by atoms with Crippen molar-refractivity contribution in [2.75, 3.05) is 13.2 Å². The lowest BCUT2D eigenvalue weighted by Crippen LogP contribution is -2.46. The second kappa shape index (κ2) is 9.47. The molecule has 25 heavy (non-hydrogen) atoms. The summed E-state index contributed by atoms with van der Waals surface area (Å²) in [6, 6.07) is 6.96. The first-order chi connectivity index (χ1) is 12.0. The van der Waals surface area contributed by atoms with Gasteiger partial charge in [0.25, 0.3) is 5.91 Å². The van der Waals surface area contributed by atoms with Crippen LogP contribution >= 0.6 is 11.6 Å². The molecule has 0 radical (unpaired) electrons. The maximum absolute atomic E-state index is 12.5. The number of ether oxygens (including phenoxy) is 1. The van der Waals surface area contributed by atoms with E-state index >= 15 is 0 Å². The van der Waals surface area contributed by atoms with Crippen LogP contribution in [0.25, 0.3) is 0 Å². The van der Waals surface area contributed by atoms with Crippen molar-refractivity contribution in [3.05, 3.63) is 42.0 Å². The summed E-state index contributed by atoms with van der Waals surface area (Å²) in [5.74, 6) is 0.477. The van der Waals surface area contributed by atoms with E-state index in [4.69, 9.17) is 16.3 Å². The van der Waals surface area contributed by atoms with Gasteiger partial charge in [-0.15, -0.1) is 11.6 Å². The summed E-state index contributed by atoms with van der Waals surface area (Å²) >= 11 is 6.16. The molecule has 0 saturated carbocycles. The number of allylic oxidation sites excluding steroid dienone is 1. The molecule has 1 heterocycles. The number of para-hydroxylation sites is 1. The number of rotatable bonds is 2. The maximum Gasteiger partial charge on any atom is 0.255 e. The average Bonchev–Trinajstić information content (AvgIpc) is 2.58. The van der Waals surface area contributed by atoms with Crippen molar-refractivity contribution < 1.29 is 14.3 Å². The zero-order valence-corrected chi connectivity index (χ0v) is 15.4. The molecule has 0 bridgehead atoms. The molecule has 2 N–H and O–H groups in total. The normalized spacial score (nSPS) is 23.7. The molecule has 1 unspecified atom stereocenters. The topological polar surface area (TPSA) is 67.4 Å². The van der Waals surface area contributed by atoms with Crippen LogP contribution in [0.15, 0.2) is 36.4 Å². The van der Waals surface area contributed by atoms with Crippen LogP contribution in [0.5, 0.6) is 5.75 Å². The first-order valence-corrected chi connectivity index (χ1v) is 9.00. The zero-order chi connectivity index (χ0) is 18.2. The molecular weight excluding hydrogens is 340 g/mol. The molecule has 136 valence electrons. The van der Waals surface area contributed by atoms with Crippen LogP contribution in [-0.4, -0.2) is 36.4 Å². The smallest absolute Gasteiger partial charge is 0.255 e. The van der Waals surface area contributed by atoms with Crippen LogP contribution in [-0.2, 0) is 4.79 Å². The van der Waals surface area contributed by atoms with Crippen molar-refractivity contribution in [1.82, 2.24) is 10.6 Å². The molecule has 2 amide bonds. The van der Waals surface area contributed by atoms with Crippen LogP contribution in [0.3, 0.4) is 0 Å². The minimum atomic E-state index is -0.642. The van der Waals surface area contributed by atoms with E-state index in [2.05, 4.69) is 24.5 Å². The summed E-state index contributed by atoms with van der Waals surface area (Å²) in [4.78, 5) is 24.7. The number of carbonyl (C=O) groups excluding carboxylic acids is 2. The zero-order valence-electron chi connectivity index (χ0n) is 14.6. The first-order valence-electron chi connectivity index (χ1n) is 8.57. The molecule has 0 fully saturated rings. The molecule has 5 nitrogen and oxygen atoms in total. The number of carbonyl (C=O) groups is 2. The number of hydrogen-bond donors (Lipinski definition) is 2. The number of hydrogen-bond acceptors (Lipinski definition) is 3. The van der Waals surface area contributed by atoms with Gasteiger partial charge in [-0.3, -0.25) is 9.59 Å². The van der Waals surface area contributed by atoms with Gasteiger partial charge >= 0.3 is 0 Å². The molecule has 2 rings (SSSR count). The molecule has 0 saturated heterocycles. The molecule has 0 spiro atoms. The Kier molecular flexibility index (Phi) is 7.31. The Hall–Kier alpha value is -2.01. The largest absolute Gasteiger partial charge is 0.489 e. The van der Waals surface area contributed by atoms with Crippen molar-refractivity contribution in [2.45, 2.75) is 38.1 Å². The Balaban J connectivity index is 2.20. The molecular formula is C19H25ClN2O3. The number of alkyl halides is 1. The first kappa shape index (κ1) is 19.3. The van der Waals surface area contributed by atoms with Gasteiger partial charge in [0.05, 0.1) is 5.56 Å². The highest BCUT2D eigenvalue weighted by Crippen LogP contribution is 2.18. The van der Waals surface area contributed by atoms with E-state index in [9.17, 15) is 9.59 Å². The molecule has 1 aliphatic heterocycles. The van der Waals surface area contributed by atoms with Gasteiger partial charge in [-0.1, -0.05) is 38.1 Å². The Morgan fingerprint density at radius 2 is 2.00 bits per heavy atom. The quantitative estimate of drug-likeness (QED) is 0.626. The monoisotopic (exact) mass is 364 g/mol. The van der Waals surface area contributed by atoms with Gasteiger partial charge in [-0.05, 0) is 30.9 Å². The lowest BCUT2D eigenvalue weighted by atomic mass is 10.0. The van der Waals surface area contributed by atoms with E-state index in [1.54, 1.807) is 24.3 Å². The molecule has 0 aromatic heterocycles. The van der Waals surface area contributed by atoms with Gasteiger partial charge in [0.15, 0.2) is 0 Å². The van der Waals surface area contributed by atoms with Crippen LogP contribution in [0, 0.1) is 5.92 Å². The van der Waals surface area contributed by atoms with Gasteiger partial charge in [-0.25, -0.2) is 0 Å². The second-order valence-corrected chi connectivity index (χ2v) is 7.05. The summed E-state index contributed by atoms with van der Waals surface area (Å²) in [6.07, 6.45) is 4.81. The van der Waals surface area contributed by atoms with Crippen LogP contribution in [0.1, 0.15) is 37.0 Å². The summed E-state index contributed by atoms with van der Waals surface area (Å²) in [7, 11) is 0. The van der Waals surface area contributed by atoms with Crippen molar-refractivity contribution in [3.63, 3.8) is 0 Å². The second-order valence-electron chi connectivity index (χ2n) is 6.53. The third-order valence-electron chi connectivity index (χ3n) is 3.87. The number of fused-ring (bicyclic) bond motifs is 1. The number of nitrogens with one attached hydrogen (secondary N) is 2. The molecule has 2 atom stereocenters. The highest BCUT2D eigenvalue weighted by Gasteiger charge is 2.21. The third kappa shape index (κ3) is 6.09. The van der Waals surface area contributed by atoms with Gasteiger partial charge in [0.1, 0.15) is 17.7 Å². The number of benzene rings is 1. The Morgan fingerprint density at radius 1 is 1.24 bits per heavy atom. The minimum absolute atomic E-state index is 0.169. The van der Waals surface area contributed by atoms with Crippen molar-refractivity contribution in [2.24, 2.45) is 5.92 Å². The number of amides is 2. The maximum atomic E-state index is 12.5. The van der Waals surface area contributed by atoms with E-state index in [0.717, 1.165) is 6.42 Å². The number of halogens is 1. The van der Waals surface area contributed by atoms with E-state index < -0.39 is 5.38 Å². The summed E-state index contributed by atoms with van der Waals surface area (Å²) < 4.78 is 5.67. The highest BCUT2D eigenvalue weighted by atomic mass is 35.5. The van der Waals surface area contributed by atoms with E-state index in [-0.39, 0.29) is 17.9 Å². The molecule has 6 heteroatoms. The van der Waals surface area contributed by atoms with Crippen molar-refractivity contribution in [1.29, 1.82) is 0 Å². The van der Waals surface area contributed by atoms with Crippen LogP contribution in [0.4, 0.5) is 0 Å². The fraction of sp³-hybridized carbons (Fsp3) is 0.474. The van der Waals surface area contributed by atoms with Gasteiger partial charge in [0.2, 0.25) is 5.91 Å². The molecule has 1 aliphatic rings. The summed E-state index contributed by atoms with van der Waals surface area (Å²) in [5.41, 5.74) is 0.484. The average molecular weight is 365 g/mol. The Labute approximate surface area is 153 Å². The lowest BCUT2D eigenvalue weighted by Gasteiger charge is -2.23. The van der Waals surface area contributed by atoms with Crippen molar-refractivity contribution in [3.8, 4) is 5.75 Å².